The number of aromatic nitrogens is 2. The van der Waals surface area contributed by atoms with Crippen LogP contribution in [-0.2, 0) is 12.8 Å². The molecule has 1 heterocycles. The van der Waals surface area contributed by atoms with Crippen LogP contribution in [0.3, 0.4) is 0 Å². The summed E-state index contributed by atoms with van der Waals surface area (Å²) in [6.07, 6.45) is 2.43. The Bertz CT molecular complexity index is 605. The average Bonchev–Trinajstić information content (AvgIpc) is 2.47. The van der Waals surface area contributed by atoms with Crippen molar-refractivity contribution in [2.24, 2.45) is 0 Å². The Morgan fingerprint density at radius 1 is 1.25 bits per heavy atom. The Balaban J connectivity index is 1.93. The molecule has 0 amide bonds. The van der Waals surface area contributed by atoms with Gasteiger partial charge >= 0.3 is 5.56 Å². The lowest BCUT2D eigenvalue weighted by Crippen LogP contribution is -2.09. The SMILES string of the molecule is CCCOc1ccc(CCc2cc(O)c(=O)[nH]n2)cc1. The number of aromatic amines is 1. The van der Waals surface area contributed by atoms with E-state index in [1.807, 2.05) is 24.3 Å². The fourth-order valence-electron chi connectivity index (χ4n) is 1.81. The Morgan fingerprint density at radius 2 is 2.00 bits per heavy atom. The van der Waals surface area contributed by atoms with E-state index in [1.54, 1.807) is 0 Å². The summed E-state index contributed by atoms with van der Waals surface area (Å²) in [5.41, 5.74) is 1.25. The monoisotopic (exact) mass is 274 g/mol. The van der Waals surface area contributed by atoms with Crippen LogP contribution in [0.2, 0.25) is 0 Å². The number of benzene rings is 1. The zero-order valence-corrected chi connectivity index (χ0v) is 11.4. The van der Waals surface area contributed by atoms with Gasteiger partial charge in [0.1, 0.15) is 5.75 Å². The quantitative estimate of drug-likeness (QED) is 0.845. The summed E-state index contributed by atoms with van der Waals surface area (Å²) in [5.74, 6) is 0.578. The second-order valence-electron chi connectivity index (χ2n) is 4.57. The molecular formula is C15H18N2O3. The van der Waals surface area contributed by atoms with Crippen LogP contribution < -0.4 is 10.3 Å². The first kappa shape index (κ1) is 14.1. The van der Waals surface area contributed by atoms with Gasteiger partial charge in [0.05, 0.1) is 12.3 Å². The third-order valence-electron chi connectivity index (χ3n) is 2.90. The Hall–Kier alpha value is -2.30. The number of aromatic hydroxyl groups is 1. The molecule has 0 aliphatic heterocycles. The lowest BCUT2D eigenvalue weighted by atomic mass is 10.1. The van der Waals surface area contributed by atoms with E-state index in [9.17, 15) is 9.90 Å². The van der Waals surface area contributed by atoms with E-state index in [1.165, 1.54) is 6.07 Å². The third-order valence-corrected chi connectivity index (χ3v) is 2.90. The van der Waals surface area contributed by atoms with Gasteiger partial charge in [-0.1, -0.05) is 19.1 Å². The average molecular weight is 274 g/mol. The van der Waals surface area contributed by atoms with E-state index in [-0.39, 0.29) is 5.75 Å². The number of rotatable bonds is 6. The predicted octanol–water partition coefficient (Wildman–Crippen LogP) is 2.05. The molecule has 0 fully saturated rings. The zero-order valence-electron chi connectivity index (χ0n) is 11.4. The van der Waals surface area contributed by atoms with Crippen LogP contribution in [-0.4, -0.2) is 21.9 Å². The fourth-order valence-corrected chi connectivity index (χ4v) is 1.81. The van der Waals surface area contributed by atoms with Gasteiger partial charge in [-0.15, -0.1) is 0 Å². The van der Waals surface area contributed by atoms with Gasteiger partial charge in [-0.05, 0) is 37.0 Å². The highest BCUT2D eigenvalue weighted by Gasteiger charge is 2.02. The van der Waals surface area contributed by atoms with E-state index in [0.29, 0.717) is 12.1 Å². The lowest BCUT2D eigenvalue weighted by Gasteiger charge is -2.06. The fraction of sp³-hybridized carbons (Fsp3) is 0.333. The maximum absolute atomic E-state index is 11.0. The first-order valence-electron chi connectivity index (χ1n) is 6.68. The molecule has 0 bridgehead atoms. The van der Waals surface area contributed by atoms with E-state index in [0.717, 1.165) is 30.8 Å². The van der Waals surface area contributed by atoms with E-state index < -0.39 is 5.56 Å². The number of hydrogen-bond acceptors (Lipinski definition) is 4. The maximum atomic E-state index is 11.0. The minimum Gasteiger partial charge on any atom is -0.503 e. The number of nitrogens with one attached hydrogen (secondary N) is 1. The van der Waals surface area contributed by atoms with Gasteiger partial charge in [-0.2, -0.15) is 5.10 Å². The minimum absolute atomic E-state index is 0.293. The van der Waals surface area contributed by atoms with Crippen molar-refractivity contribution in [3.8, 4) is 11.5 Å². The summed E-state index contributed by atoms with van der Waals surface area (Å²) in [7, 11) is 0. The van der Waals surface area contributed by atoms with Gasteiger partial charge in [0.15, 0.2) is 5.75 Å². The van der Waals surface area contributed by atoms with Gasteiger partial charge < -0.3 is 9.84 Å². The Morgan fingerprint density at radius 3 is 2.65 bits per heavy atom. The van der Waals surface area contributed by atoms with Crippen LogP contribution in [0.25, 0.3) is 0 Å². The molecule has 0 unspecified atom stereocenters. The van der Waals surface area contributed by atoms with Crippen molar-refractivity contribution >= 4 is 0 Å². The highest BCUT2D eigenvalue weighted by atomic mass is 16.5. The minimum atomic E-state index is -0.564. The molecular weight excluding hydrogens is 256 g/mol. The number of nitrogens with zero attached hydrogens (tertiary/aromatic N) is 1. The number of ether oxygens (including phenoxy) is 1. The summed E-state index contributed by atoms with van der Waals surface area (Å²) in [4.78, 5) is 11.0. The molecule has 0 radical (unpaired) electrons. The summed E-state index contributed by atoms with van der Waals surface area (Å²) < 4.78 is 5.52. The van der Waals surface area contributed by atoms with Crippen molar-refractivity contribution in [2.75, 3.05) is 6.61 Å². The number of hydrogen-bond donors (Lipinski definition) is 2. The zero-order chi connectivity index (χ0) is 14.4. The van der Waals surface area contributed by atoms with E-state index in [2.05, 4.69) is 17.1 Å². The second-order valence-corrected chi connectivity index (χ2v) is 4.57. The molecule has 0 aliphatic rings. The second kappa shape index (κ2) is 6.75. The van der Waals surface area contributed by atoms with Crippen LogP contribution in [0.15, 0.2) is 35.1 Å². The maximum Gasteiger partial charge on any atom is 0.306 e. The summed E-state index contributed by atoms with van der Waals surface area (Å²) in [6, 6.07) is 9.32. The molecule has 1 aromatic heterocycles. The molecule has 2 rings (SSSR count). The number of H-pyrrole nitrogens is 1. The molecule has 0 spiro atoms. The van der Waals surface area contributed by atoms with Crippen LogP contribution in [0, 0.1) is 0 Å². The highest BCUT2D eigenvalue weighted by Crippen LogP contribution is 2.14. The van der Waals surface area contributed by atoms with Gasteiger partial charge in [0.2, 0.25) is 0 Å². The third kappa shape index (κ3) is 3.85. The van der Waals surface area contributed by atoms with Crippen molar-refractivity contribution in [3.05, 3.63) is 51.9 Å². The predicted molar refractivity (Wildman–Crippen MR) is 76.2 cm³/mol. The van der Waals surface area contributed by atoms with Crippen molar-refractivity contribution in [1.82, 2.24) is 10.2 Å². The Kier molecular flexibility index (Phi) is 4.76. The molecule has 0 saturated carbocycles. The van der Waals surface area contributed by atoms with Crippen molar-refractivity contribution < 1.29 is 9.84 Å². The largest absolute Gasteiger partial charge is 0.503 e. The first-order chi connectivity index (χ1) is 9.69. The van der Waals surface area contributed by atoms with Gasteiger partial charge in [-0.3, -0.25) is 4.79 Å². The van der Waals surface area contributed by atoms with Gasteiger partial charge in [-0.25, -0.2) is 5.10 Å². The summed E-state index contributed by atoms with van der Waals surface area (Å²) >= 11 is 0. The van der Waals surface area contributed by atoms with Gasteiger partial charge in [0.25, 0.3) is 0 Å². The molecule has 5 heteroatoms. The standard InChI is InChI=1S/C15H18N2O3/c1-2-9-20-13-7-4-11(5-8-13)3-6-12-10-14(18)15(19)17-16-12/h4-5,7-8,10H,2-3,6,9H2,1H3,(H,16,18)(H,17,19). The van der Waals surface area contributed by atoms with E-state index in [4.69, 9.17) is 4.74 Å². The molecule has 2 aromatic rings. The molecule has 2 N–H and O–H groups in total. The van der Waals surface area contributed by atoms with Crippen LogP contribution in [0.1, 0.15) is 24.6 Å². The van der Waals surface area contributed by atoms with Crippen molar-refractivity contribution in [2.45, 2.75) is 26.2 Å². The molecule has 5 nitrogen and oxygen atoms in total. The van der Waals surface area contributed by atoms with Crippen LogP contribution in [0.5, 0.6) is 11.5 Å². The van der Waals surface area contributed by atoms with Crippen molar-refractivity contribution in [3.63, 3.8) is 0 Å². The lowest BCUT2D eigenvalue weighted by molar-refractivity contribution is 0.317. The molecule has 0 atom stereocenters. The van der Waals surface area contributed by atoms with E-state index >= 15 is 0 Å². The molecule has 106 valence electrons. The molecule has 0 aliphatic carbocycles. The first-order valence-corrected chi connectivity index (χ1v) is 6.68. The Labute approximate surface area is 117 Å². The molecule has 1 aromatic carbocycles. The van der Waals surface area contributed by atoms with Crippen LogP contribution >= 0.6 is 0 Å². The topological polar surface area (TPSA) is 75.2 Å². The molecule has 20 heavy (non-hydrogen) atoms. The summed E-state index contributed by atoms with van der Waals surface area (Å²) in [6.45, 7) is 2.79. The summed E-state index contributed by atoms with van der Waals surface area (Å²) in [5, 5.41) is 15.5. The van der Waals surface area contributed by atoms with Crippen LogP contribution in [0.4, 0.5) is 0 Å². The number of aryl methyl sites for hydroxylation is 2. The highest BCUT2D eigenvalue weighted by molar-refractivity contribution is 5.28. The van der Waals surface area contributed by atoms with Gasteiger partial charge in [0, 0.05) is 6.07 Å². The smallest absolute Gasteiger partial charge is 0.306 e. The molecule has 0 saturated heterocycles. The normalized spacial score (nSPS) is 10.4. The van der Waals surface area contributed by atoms with Crippen molar-refractivity contribution in [1.29, 1.82) is 0 Å².